The minimum Gasteiger partial charge on any atom is -0.448 e. The van der Waals surface area contributed by atoms with Crippen molar-refractivity contribution in [2.75, 3.05) is 33.9 Å². The Hall–Kier alpha value is -5.07. The summed E-state index contributed by atoms with van der Waals surface area (Å²) in [6.45, 7) is 6.76. The number of benzene rings is 3. The van der Waals surface area contributed by atoms with Crippen molar-refractivity contribution >= 4 is 35.2 Å². The van der Waals surface area contributed by atoms with Crippen LogP contribution in [0.5, 0.6) is 0 Å². The number of likely N-dealkylation sites (N-methyl/N-ethyl adjacent to an activating group) is 1. The maximum Gasteiger partial charge on any atom is 0.410 e. The summed E-state index contributed by atoms with van der Waals surface area (Å²) in [5.74, 6) is -1.46. The van der Waals surface area contributed by atoms with Crippen molar-refractivity contribution in [1.82, 2.24) is 25.0 Å². The molecule has 11 nitrogen and oxygen atoms in total. The molecule has 4 amide bonds. The van der Waals surface area contributed by atoms with Crippen LogP contribution in [-0.4, -0.2) is 102 Å². The molecule has 2 fully saturated rings. The number of likely N-dealkylation sites (tertiary alicyclic amines) is 2. The second kappa shape index (κ2) is 18.2. The first-order valence-electron chi connectivity index (χ1n) is 20.5. The zero-order valence-corrected chi connectivity index (χ0v) is 34.9. The maximum atomic E-state index is 14.5. The number of rotatable bonds is 14. The van der Waals surface area contributed by atoms with Gasteiger partial charge in [-0.1, -0.05) is 99.6 Å². The van der Waals surface area contributed by atoms with E-state index in [2.05, 4.69) is 34.6 Å². The van der Waals surface area contributed by atoms with E-state index in [1.807, 2.05) is 80.3 Å². The largest absolute Gasteiger partial charge is 0.448 e. The molecule has 1 aromatic heterocycles. The zero-order chi connectivity index (χ0) is 40.9. The summed E-state index contributed by atoms with van der Waals surface area (Å²) in [7, 11) is 3.21. The van der Waals surface area contributed by atoms with Gasteiger partial charge in [0.05, 0.1) is 29.6 Å². The van der Waals surface area contributed by atoms with E-state index in [1.165, 1.54) is 16.2 Å². The number of carbonyl (C=O) groups excluding carboxylic acids is 4. The van der Waals surface area contributed by atoms with Gasteiger partial charge in [-0.3, -0.25) is 24.3 Å². The third-order valence-electron chi connectivity index (χ3n) is 12.3. The average molecular weight is 806 g/mol. The third-order valence-corrected chi connectivity index (χ3v) is 13.2. The molecule has 0 spiro atoms. The highest BCUT2D eigenvalue weighted by Crippen LogP contribution is 2.44. The Morgan fingerprint density at radius 1 is 0.879 bits per heavy atom. The molecular weight excluding hydrogens is 751 g/mol. The van der Waals surface area contributed by atoms with Gasteiger partial charge in [-0.25, -0.2) is 4.79 Å². The first-order chi connectivity index (χ1) is 28.1. The van der Waals surface area contributed by atoms with E-state index in [1.54, 1.807) is 30.8 Å². The van der Waals surface area contributed by atoms with Crippen molar-refractivity contribution in [1.29, 1.82) is 0 Å². The summed E-state index contributed by atoms with van der Waals surface area (Å²) in [4.78, 5) is 66.8. The van der Waals surface area contributed by atoms with Gasteiger partial charge in [0.1, 0.15) is 18.7 Å². The molecule has 2 saturated heterocycles. The summed E-state index contributed by atoms with van der Waals surface area (Å²) in [6.07, 6.45) is 3.93. The van der Waals surface area contributed by atoms with Gasteiger partial charge in [0.25, 0.3) is 0 Å². The molecule has 6 atom stereocenters. The SMILES string of the molecule is CO[C@H]([C@@H](C)C(=O)N[C@@H](Cc1ccccc1)c1cncs1)[C@@H]1CCCN1C(=O)[C@@H]1CCCN1C(=O)[C@H](C(C)C)N(C)C(=O)OCC1c2ccccc2-c2ccccc21. The summed E-state index contributed by atoms with van der Waals surface area (Å²) < 4.78 is 12.0. The number of aromatic nitrogens is 1. The molecule has 0 saturated carbocycles. The van der Waals surface area contributed by atoms with Crippen molar-refractivity contribution in [3.8, 4) is 11.1 Å². The molecule has 0 radical (unpaired) electrons. The Bertz CT molecular complexity index is 2010. The maximum absolute atomic E-state index is 14.5. The lowest BCUT2D eigenvalue weighted by Gasteiger charge is -2.38. The van der Waals surface area contributed by atoms with Crippen LogP contribution >= 0.6 is 11.3 Å². The second-order valence-corrected chi connectivity index (χ2v) is 17.1. The van der Waals surface area contributed by atoms with Crippen molar-refractivity contribution < 1.29 is 28.7 Å². The minimum atomic E-state index is -0.823. The Labute approximate surface area is 345 Å². The van der Waals surface area contributed by atoms with Crippen LogP contribution in [0.25, 0.3) is 11.1 Å². The first-order valence-corrected chi connectivity index (χ1v) is 21.4. The molecular formula is C46H55N5O6S. The number of ether oxygens (including phenoxy) is 2. The van der Waals surface area contributed by atoms with Gasteiger partial charge < -0.3 is 24.6 Å². The Morgan fingerprint density at radius 2 is 1.52 bits per heavy atom. The molecule has 3 heterocycles. The van der Waals surface area contributed by atoms with Crippen LogP contribution < -0.4 is 5.32 Å². The van der Waals surface area contributed by atoms with Crippen molar-refractivity contribution in [2.45, 2.75) is 89.1 Å². The molecule has 12 heteroatoms. The minimum absolute atomic E-state index is 0.106. The lowest BCUT2D eigenvalue weighted by Crippen LogP contribution is -2.58. The molecule has 2 aliphatic heterocycles. The van der Waals surface area contributed by atoms with Crippen LogP contribution in [0.2, 0.25) is 0 Å². The van der Waals surface area contributed by atoms with Gasteiger partial charge >= 0.3 is 6.09 Å². The normalized spacial score (nSPS) is 19.6. The van der Waals surface area contributed by atoms with Gasteiger partial charge in [0.15, 0.2) is 0 Å². The Morgan fingerprint density at radius 3 is 2.16 bits per heavy atom. The molecule has 0 bridgehead atoms. The van der Waals surface area contributed by atoms with E-state index in [-0.39, 0.29) is 48.2 Å². The molecule has 1 aliphatic carbocycles. The highest BCUT2D eigenvalue weighted by Gasteiger charge is 2.47. The van der Waals surface area contributed by atoms with Gasteiger partial charge in [0, 0.05) is 44.2 Å². The number of hydrogen-bond acceptors (Lipinski definition) is 8. The van der Waals surface area contributed by atoms with E-state index in [9.17, 15) is 19.2 Å². The third kappa shape index (κ3) is 8.40. The second-order valence-electron chi connectivity index (χ2n) is 16.2. The quantitative estimate of drug-likeness (QED) is 0.145. The number of methoxy groups -OCH3 is 1. The number of nitrogens with one attached hydrogen (secondary N) is 1. The number of nitrogens with zero attached hydrogens (tertiary/aromatic N) is 4. The van der Waals surface area contributed by atoms with E-state index in [0.29, 0.717) is 38.8 Å². The number of fused-ring (bicyclic) bond motifs is 3. The molecule has 0 unspecified atom stereocenters. The fourth-order valence-electron chi connectivity index (χ4n) is 9.38. The molecule has 3 aliphatic rings. The van der Waals surface area contributed by atoms with Gasteiger partial charge in [0.2, 0.25) is 17.7 Å². The van der Waals surface area contributed by atoms with E-state index in [4.69, 9.17) is 9.47 Å². The van der Waals surface area contributed by atoms with Crippen molar-refractivity contribution in [3.63, 3.8) is 0 Å². The fourth-order valence-corrected chi connectivity index (χ4v) is 10.1. The fraction of sp³-hybridized carbons (Fsp3) is 0.457. The lowest BCUT2D eigenvalue weighted by molar-refractivity contribution is -0.150. The van der Waals surface area contributed by atoms with Crippen LogP contribution in [0.1, 0.15) is 80.0 Å². The summed E-state index contributed by atoms with van der Waals surface area (Å²) in [5.41, 5.74) is 7.38. The standard InChI is InChI=1S/C46H55N5O6S/c1-29(2)41(49(4)46(55)57-27-36-34-19-11-9-17-32(34)33-18-10-12-20-35(33)36)45(54)51-24-14-22-39(51)44(53)50-23-13-21-38(50)42(56-5)30(3)43(52)48-37(40-26-47-28-58-40)25-31-15-7-6-8-16-31/h6-12,15-20,26,28-30,36-39,41-42H,13-14,21-25,27H2,1-5H3,(H,48,52)/t30-,37+,38+,39+,41+,42-/m1/s1. The van der Waals surface area contributed by atoms with Crippen LogP contribution in [0, 0.1) is 11.8 Å². The summed E-state index contributed by atoms with van der Waals surface area (Å²) in [6, 6.07) is 24.3. The highest BCUT2D eigenvalue weighted by atomic mass is 32.1. The van der Waals surface area contributed by atoms with Gasteiger partial charge in [-0.05, 0) is 65.8 Å². The predicted octanol–water partition coefficient (Wildman–Crippen LogP) is 7.08. The monoisotopic (exact) mass is 805 g/mol. The van der Waals surface area contributed by atoms with Gasteiger partial charge in [-0.2, -0.15) is 0 Å². The first kappa shape index (κ1) is 41.1. The topological polar surface area (TPSA) is 121 Å². The molecule has 306 valence electrons. The van der Waals surface area contributed by atoms with Crippen LogP contribution in [0.15, 0.2) is 90.6 Å². The van der Waals surface area contributed by atoms with Crippen LogP contribution in [0.4, 0.5) is 4.79 Å². The van der Waals surface area contributed by atoms with Crippen LogP contribution in [-0.2, 0) is 30.3 Å². The van der Waals surface area contributed by atoms with Crippen LogP contribution in [0.3, 0.4) is 0 Å². The highest BCUT2D eigenvalue weighted by molar-refractivity contribution is 7.09. The number of hydrogen-bond donors (Lipinski definition) is 1. The average Bonchev–Trinajstić information content (AvgIpc) is 4.07. The van der Waals surface area contributed by atoms with E-state index >= 15 is 0 Å². The zero-order valence-electron chi connectivity index (χ0n) is 34.1. The molecule has 58 heavy (non-hydrogen) atoms. The molecule has 7 rings (SSSR count). The summed E-state index contributed by atoms with van der Waals surface area (Å²) in [5, 5.41) is 3.26. The number of thiazole rings is 1. The molecule has 1 N–H and O–H groups in total. The van der Waals surface area contributed by atoms with E-state index in [0.717, 1.165) is 39.1 Å². The van der Waals surface area contributed by atoms with Gasteiger partial charge in [-0.15, -0.1) is 11.3 Å². The smallest absolute Gasteiger partial charge is 0.410 e. The molecule has 4 aromatic rings. The van der Waals surface area contributed by atoms with Crippen molar-refractivity contribution in [3.05, 3.63) is 112 Å². The summed E-state index contributed by atoms with van der Waals surface area (Å²) >= 11 is 1.50. The number of carbonyl (C=O) groups is 4. The predicted molar refractivity (Wildman–Crippen MR) is 224 cm³/mol. The van der Waals surface area contributed by atoms with Crippen molar-refractivity contribution in [2.24, 2.45) is 11.8 Å². The Kier molecular flexibility index (Phi) is 12.9. The molecule has 3 aromatic carbocycles. The number of amides is 4. The van der Waals surface area contributed by atoms with E-state index < -0.39 is 30.2 Å². The Balaban J connectivity index is 1.01. The lowest BCUT2D eigenvalue weighted by atomic mass is 9.93.